The van der Waals surface area contributed by atoms with Crippen molar-refractivity contribution in [2.45, 2.75) is 19.9 Å². The molecule has 0 aliphatic rings. The van der Waals surface area contributed by atoms with Gasteiger partial charge in [0.15, 0.2) is 23.7 Å². The van der Waals surface area contributed by atoms with Crippen molar-refractivity contribution in [1.29, 1.82) is 0 Å². The summed E-state index contributed by atoms with van der Waals surface area (Å²) in [5.41, 5.74) is 0. The summed E-state index contributed by atoms with van der Waals surface area (Å²) in [6.07, 6.45) is 0. The van der Waals surface area contributed by atoms with Crippen LogP contribution in [0.1, 0.15) is 13.8 Å². The molecule has 0 amide bonds. The van der Waals surface area contributed by atoms with E-state index >= 15 is 0 Å². The van der Waals surface area contributed by atoms with Gasteiger partial charge >= 0.3 is 14.1 Å². The summed E-state index contributed by atoms with van der Waals surface area (Å²) in [5.74, 6) is -0.284. The molecule has 0 N–H and O–H groups in total. The SMILES string of the molecule is CO[P+]([O-])=C(C)COC(=O)[C@H](C)N=[P+]([O-])Oc1ccccc1. The molecule has 0 heterocycles. The average Bonchev–Trinajstić information content (AvgIpc) is 2.52. The molecule has 7 nitrogen and oxygen atoms in total. The molecule has 0 saturated heterocycles. The first-order chi connectivity index (χ1) is 10.4. The molecule has 3 atom stereocenters. The second-order valence-corrected chi connectivity index (χ2v) is 6.75. The maximum atomic E-state index is 11.7. The number of esters is 1. The summed E-state index contributed by atoms with van der Waals surface area (Å²) < 4.78 is 18.3. The first kappa shape index (κ1) is 18.7. The number of ether oxygens (including phenoxy) is 1. The highest BCUT2D eigenvalue weighted by molar-refractivity contribution is 7.46. The van der Waals surface area contributed by atoms with Crippen molar-refractivity contribution in [3.8, 4) is 5.75 Å². The Morgan fingerprint density at radius 1 is 1.32 bits per heavy atom. The number of carbonyl (C=O) groups is 1. The molecule has 0 radical (unpaired) electrons. The maximum Gasteiger partial charge on any atom is 0.395 e. The molecule has 2 unspecified atom stereocenters. The lowest BCUT2D eigenvalue weighted by Gasteiger charge is -2.06. The molecule has 0 saturated carbocycles. The van der Waals surface area contributed by atoms with Crippen molar-refractivity contribution < 1.29 is 28.4 Å². The van der Waals surface area contributed by atoms with Crippen molar-refractivity contribution in [3.05, 3.63) is 30.3 Å². The van der Waals surface area contributed by atoms with Crippen LogP contribution in [0.15, 0.2) is 35.1 Å². The Kier molecular flexibility index (Phi) is 8.17. The van der Waals surface area contributed by atoms with Crippen LogP contribution < -0.4 is 14.3 Å². The Morgan fingerprint density at radius 2 is 1.95 bits per heavy atom. The summed E-state index contributed by atoms with van der Waals surface area (Å²) in [7, 11) is -3.05. The zero-order valence-corrected chi connectivity index (χ0v) is 14.3. The van der Waals surface area contributed by atoms with Crippen LogP contribution in [0.5, 0.6) is 5.75 Å². The van der Waals surface area contributed by atoms with Gasteiger partial charge in [-0.25, -0.2) is 4.79 Å². The lowest BCUT2D eigenvalue weighted by molar-refractivity contribution is -0.171. The van der Waals surface area contributed by atoms with Gasteiger partial charge < -0.3 is 14.5 Å². The number of para-hydroxylation sites is 1. The van der Waals surface area contributed by atoms with Crippen LogP contribution in [0, 0.1) is 0 Å². The highest BCUT2D eigenvalue weighted by Crippen LogP contribution is 2.23. The Labute approximate surface area is 131 Å². The number of rotatable bonds is 7. The lowest BCUT2D eigenvalue weighted by Crippen LogP contribution is -2.21. The van der Waals surface area contributed by atoms with Crippen molar-refractivity contribution in [2.75, 3.05) is 13.7 Å². The summed E-state index contributed by atoms with van der Waals surface area (Å²) in [6.45, 7) is 2.85. The van der Waals surface area contributed by atoms with Gasteiger partial charge in [0.2, 0.25) is 8.00 Å². The standard InChI is InChI=1S/C13H17NO6P2/c1-10(21(16)18-3)9-19-13(15)11(2)14-22(17)20-12-7-5-4-6-8-12/h4-8,11H,9H2,1-3H3/t11-/m0/s1. The molecular weight excluding hydrogens is 328 g/mol. The molecule has 0 spiro atoms. The maximum absolute atomic E-state index is 11.7. The van der Waals surface area contributed by atoms with E-state index < -0.39 is 28.2 Å². The quantitative estimate of drug-likeness (QED) is 0.546. The minimum atomic E-state index is -2.39. The van der Waals surface area contributed by atoms with Crippen LogP contribution >= 0.6 is 16.2 Å². The van der Waals surface area contributed by atoms with Crippen LogP contribution in [0.2, 0.25) is 0 Å². The third kappa shape index (κ3) is 6.60. The normalized spacial score (nSPS) is 14.1. The molecule has 1 aromatic rings. The van der Waals surface area contributed by atoms with E-state index in [0.717, 1.165) is 0 Å². The fourth-order valence-corrected chi connectivity index (χ4v) is 2.50. The number of hydrogen-bond donors (Lipinski definition) is 0. The zero-order chi connectivity index (χ0) is 16.5. The van der Waals surface area contributed by atoms with Gasteiger partial charge in [0.05, 0.1) is 7.11 Å². The van der Waals surface area contributed by atoms with Gasteiger partial charge in [-0.05, 0) is 19.1 Å². The van der Waals surface area contributed by atoms with E-state index in [1.807, 2.05) is 0 Å². The molecule has 1 aromatic carbocycles. The van der Waals surface area contributed by atoms with Crippen molar-refractivity contribution in [1.82, 2.24) is 0 Å². The van der Waals surface area contributed by atoms with Crippen LogP contribution in [-0.4, -0.2) is 31.0 Å². The first-order valence-corrected chi connectivity index (χ1v) is 8.66. The van der Waals surface area contributed by atoms with Crippen molar-refractivity contribution in [2.24, 2.45) is 4.74 Å². The Balaban J connectivity index is 2.54. The number of benzene rings is 1. The molecule has 0 aromatic heterocycles. The number of nitrogens with zero attached hydrogens (tertiary/aromatic N) is 1. The predicted octanol–water partition coefficient (Wildman–Crippen LogP) is 1.36. The van der Waals surface area contributed by atoms with E-state index in [4.69, 9.17) is 9.26 Å². The van der Waals surface area contributed by atoms with Crippen LogP contribution in [-0.2, 0) is 14.1 Å². The van der Waals surface area contributed by atoms with E-state index in [1.54, 1.807) is 37.3 Å². The monoisotopic (exact) mass is 345 g/mol. The van der Waals surface area contributed by atoms with Crippen molar-refractivity contribution in [3.63, 3.8) is 0 Å². The first-order valence-electron chi connectivity index (χ1n) is 6.35. The summed E-state index contributed by atoms with van der Waals surface area (Å²) in [5, 5.41) is 0.392. The lowest BCUT2D eigenvalue weighted by atomic mass is 10.3. The molecule has 0 aliphatic heterocycles. The number of carbonyl (C=O) groups excluding carboxylic acids is 1. The topological polar surface area (TPSA) is 103 Å². The fourth-order valence-electron chi connectivity index (χ4n) is 1.29. The smallest absolute Gasteiger partial charge is 0.395 e. The minimum absolute atomic E-state index is 0.141. The van der Waals surface area contributed by atoms with Gasteiger partial charge in [0, 0.05) is 6.92 Å². The highest BCUT2D eigenvalue weighted by atomic mass is 31.1. The van der Waals surface area contributed by atoms with Gasteiger partial charge in [-0.3, -0.25) is 4.52 Å². The minimum Gasteiger partial charge on any atom is -0.603 e. The van der Waals surface area contributed by atoms with Crippen molar-refractivity contribution >= 4 is 27.4 Å². The molecule has 1 rings (SSSR count). The molecule has 120 valence electrons. The summed E-state index contributed by atoms with van der Waals surface area (Å²) in [4.78, 5) is 34.7. The third-order valence-electron chi connectivity index (χ3n) is 2.44. The second kappa shape index (κ2) is 9.62. The molecule has 0 bridgehead atoms. The Bertz CT molecular complexity index is 561. The van der Waals surface area contributed by atoms with Crippen LogP contribution in [0.4, 0.5) is 0 Å². The van der Waals surface area contributed by atoms with E-state index in [-0.39, 0.29) is 6.61 Å². The van der Waals surface area contributed by atoms with Gasteiger partial charge in [0.1, 0.15) is 0 Å². The highest BCUT2D eigenvalue weighted by Gasteiger charge is 2.20. The molecule has 9 heteroatoms. The van der Waals surface area contributed by atoms with Gasteiger partial charge in [0.25, 0.3) is 0 Å². The Morgan fingerprint density at radius 3 is 2.55 bits per heavy atom. The Hall–Kier alpha value is -1.36. The van der Waals surface area contributed by atoms with E-state index in [0.29, 0.717) is 11.0 Å². The summed E-state index contributed by atoms with van der Waals surface area (Å²) >= 11 is 0. The van der Waals surface area contributed by atoms with Gasteiger partial charge in [-0.2, -0.15) is 4.52 Å². The molecule has 22 heavy (non-hydrogen) atoms. The van der Waals surface area contributed by atoms with Crippen LogP contribution in [0.25, 0.3) is 0 Å². The predicted molar refractivity (Wildman–Crippen MR) is 81.4 cm³/mol. The average molecular weight is 345 g/mol. The van der Waals surface area contributed by atoms with E-state index in [1.165, 1.54) is 14.0 Å². The number of hydrogen-bond acceptors (Lipinski definition) is 7. The summed E-state index contributed by atoms with van der Waals surface area (Å²) in [6, 6.07) is 7.55. The second-order valence-electron chi connectivity index (χ2n) is 4.22. The van der Waals surface area contributed by atoms with E-state index in [2.05, 4.69) is 9.27 Å². The fraction of sp³-hybridized carbons (Fsp3) is 0.385. The van der Waals surface area contributed by atoms with Crippen LogP contribution in [0.3, 0.4) is 0 Å². The molecular formula is C13H17NO6P2. The zero-order valence-electron chi connectivity index (χ0n) is 12.5. The van der Waals surface area contributed by atoms with E-state index in [9.17, 15) is 14.6 Å². The van der Waals surface area contributed by atoms with Gasteiger partial charge in [-0.1, -0.05) is 22.9 Å². The third-order valence-corrected chi connectivity index (χ3v) is 4.42. The molecule has 0 aliphatic carbocycles. The van der Waals surface area contributed by atoms with Gasteiger partial charge in [-0.15, -0.1) is 0 Å². The molecule has 0 fully saturated rings. The largest absolute Gasteiger partial charge is 0.603 e.